The largest absolute Gasteiger partial charge is 0.396 e. The van der Waals surface area contributed by atoms with E-state index in [-0.39, 0.29) is 17.1 Å². The Morgan fingerprint density at radius 2 is 1.70 bits per heavy atom. The monoisotopic (exact) mass is 187 g/mol. The SMILES string of the molecule is CCN(CC)CCCO.[Fe]. The fraction of sp³-hybridized carbons (Fsp3) is 1.00. The molecule has 0 aromatic rings. The first-order valence-electron chi connectivity index (χ1n) is 3.68. The first-order valence-corrected chi connectivity index (χ1v) is 3.68. The van der Waals surface area contributed by atoms with Gasteiger partial charge in [0.25, 0.3) is 0 Å². The minimum absolute atomic E-state index is 0. The summed E-state index contributed by atoms with van der Waals surface area (Å²) in [7, 11) is 0. The Labute approximate surface area is 74.1 Å². The van der Waals surface area contributed by atoms with E-state index >= 15 is 0 Å². The standard InChI is InChI=1S/C7H17NO.Fe/c1-3-8(4-2)6-5-7-9;/h9H,3-7H2,1-2H3;. The number of nitrogens with zero attached hydrogens (tertiary/aromatic N) is 1. The Morgan fingerprint density at radius 3 is 2.00 bits per heavy atom. The summed E-state index contributed by atoms with van der Waals surface area (Å²) in [4.78, 5) is 2.30. The Bertz CT molecular complexity index is 57.6. The minimum atomic E-state index is 0. The van der Waals surface area contributed by atoms with Crippen molar-refractivity contribution in [2.24, 2.45) is 0 Å². The molecule has 0 radical (unpaired) electrons. The molecule has 2 nitrogen and oxygen atoms in total. The molecule has 1 N–H and O–H groups in total. The molecule has 10 heavy (non-hydrogen) atoms. The Hall–Kier alpha value is 0.439. The van der Waals surface area contributed by atoms with Gasteiger partial charge in [0.15, 0.2) is 0 Å². The zero-order valence-electron chi connectivity index (χ0n) is 6.78. The predicted molar refractivity (Wildman–Crippen MR) is 39.5 cm³/mol. The van der Waals surface area contributed by atoms with E-state index in [1.807, 2.05) is 0 Å². The van der Waals surface area contributed by atoms with E-state index < -0.39 is 0 Å². The summed E-state index contributed by atoms with van der Waals surface area (Å²) >= 11 is 0. The van der Waals surface area contributed by atoms with Crippen molar-refractivity contribution in [2.75, 3.05) is 26.2 Å². The van der Waals surface area contributed by atoms with Crippen LogP contribution in [0.1, 0.15) is 20.3 Å². The smallest absolute Gasteiger partial charge is 0.0443 e. The van der Waals surface area contributed by atoms with Crippen LogP contribution in [-0.2, 0) is 17.1 Å². The first-order chi connectivity index (χ1) is 4.35. The molecule has 0 fully saturated rings. The number of aliphatic hydroxyl groups is 1. The summed E-state index contributed by atoms with van der Waals surface area (Å²) in [6.45, 7) is 7.81. The van der Waals surface area contributed by atoms with Crippen molar-refractivity contribution in [2.45, 2.75) is 20.3 Å². The van der Waals surface area contributed by atoms with Crippen molar-refractivity contribution in [3.05, 3.63) is 0 Å². The molecule has 0 saturated carbocycles. The quantitative estimate of drug-likeness (QED) is 0.640. The molecule has 0 aromatic heterocycles. The molecule has 0 aliphatic carbocycles. The van der Waals surface area contributed by atoms with Gasteiger partial charge in [0.1, 0.15) is 0 Å². The molecular formula is C7H17FeNO. The molecule has 0 aliphatic rings. The van der Waals surface area contributed by atoms with Crippen LogP contribution < -0.4 is 0 Å². The third-order valence-corrected chi connectivity index (χ3v) is 1.53. The molecule has 0 rings (SSSR count). The zero-order valence-corrected chi connectivity index (χ0v) is 7.89. The van der Waals surface area contributed by atoms with E-state index in [4.69, 9.17) is 5.11 Å². The second-order valence-corrected chi connectivity index (χ2v) is 2.10. The molecule has 0 saturated heterocycles. The van der Waals surface area contributed by atoms with Crippen molar-refractivity contribution in [3.8, 4) is 0 Å². The minimum Gasteiger partial charge on any atom is -0.396 e. The molecule has 64 valence electrons. The molecule has 0 atom stereocenters. The van der Waals surface area contributed by atoms with E-state index in [1.54, 1.807) is 0 Å². The van der Waals surface area contributed by atoms with Crippen LogP contribution in [0.3, 0.4) is 0 Å². The van der Waals surface area contributed by atoms with E-state index in [9.17, 15) is 0 Å². The second kappa shape index (κ2) is 9.44. The van der Waals surface area contributed by atoms with Gasteiger partial charge in [0.2, 0.25) is 0 Å². The third-order valence-electron chi connectivity index (χ3n) is 1.53. The van der Waals surface area contributed by atoms with Crippen molar-refractivity contribution >= 4 is 0 Å². The number of rotatable bonds is 5. The molecule has 0 aliphatic heterocycles. The third kappa shape index (κ3) is 6.56. The van der Waals surface area contributed by atoms with Crippen LogP contribution in [0.25, 0.3) is 0 Å². The zero-order chi connectivity index (χ0) is 7.11. The van der Waals surface area contributed by atoms with E-state index in [1.165, 1.54) is 0 Å². The van der Waals surface area contributed by atoms with Crippen molar-refractivity contribution in [1.82, 2.24) is 4.90 Å². The maximum Gasteiger partial charge on any atom is 0.0443 e. The van der Waals surface area contributed by atoms with Gasteiger partial charge in [-0.2, -0.15) is 0 Å². The normalized spacial score (nSPS) is 9.60. The summed E-state index contributed by atoms with van der Waals surface area (Å²) in [5.41, 5.74) is 0. The van der Waals surface area contributed by atoms with Crippen LogP contribution in [0, 0.1) is 0 Å². The molecule has 0 spiro atoms. The summed E-state index contributed by atoms with van der Waals surface area (Å²) in [6.07, 6.45) is 0.904. The Balaban J connectivity index is 0. The van der Waals surface area contributed by atoms with Crippen LogP contribution in [0.4, 0.5) is 0 Å². The van der Waals surface area contributed by atoms with Crippen LogP contribution in [0.2, 0.25) is 0 Å². The summed E-state index contributed by atoms with van der Waals surface area (Å²) in [5.74, 6) is 0. The number of aliphatic hydroxyl groups excluding tert-OH is 1. The van der Waals surface area contributed by atoms with Crippen molar-refractivity contribution in [1.29, 1.82) is 0 Å². The van der Waals surface area contributed by atoms with E-state index in [2.05, 4.69) is 18.7 Å². The first kappa shape index (κ1) is 13.1. The van der Waals surface area contributed by atoms with Gasteiger partial charge in [0.05, 0.1) is 0 Å². The maximum atomic E-state index is 8.48. The van der Waals surface area contributed by atoms with Crippen LogP contribution in [-0.4, -0.2) is 36.2 Å². The van der Waals surface area contributed by atoms with Crippen molar-refractivity contribution in [3.63, 3.8) is 0 Å². The fourth-order valence-corrected chi connectivity index (χ4v) is 0.834. The van der Waals surface area contributed by atoms with Crippen LogP contribution in [0.5, 0.6) is 0 Å². The van der Waals surface area contributed by atoms with Gasteiger partial charge in [-0.3, -0.25) is 0 Å². The molecular weight excluding hydrogens is 170 g/mol. The van der Waals surface area contributed by atoms with Gasteiger partial charge in [-0.25, -0.2) is 0 Å². The maximum absolute atomic E-state index is 8.48. The number of hydrogen-bond donors (Lipinski definition) is 1. The topological polar surface area (TPSA) is 23.5 Å². The van der Waals surface area contributed by atoms with Gasteiger partial charge in [-0.15, -0.1) is 0 Å². The molecule has 0 heterocycles. The Kier molecular flexibility index (Phi) is 12.3. The average Bonchev–Trinajstić information content (AvgIpc) is 1.91. The summed E-state index contributed by atoms with van der Waals surface area (Å²) in [5, 5.41) is 8.48. The van der Waals surface area contributed by atoms with E-state index in [0.29, 0.717) is 6.61 Å². The van der Waals surface area contributed by atoms with Crippen molar-refractivity contribution < 1.29 is 22.2 Å². The summed E-state index contributed by atoms with van der Waals surface area (Å²) < 4.78 is 0. The van der Waals surface area contributed by atoms with Gasteiger partial charge >= 0.3 is 0 Å². The Morgan fingerprint density at radius 1 is 1.20 bits per heavy atom. The molecule has 0 bridgehead atoms. The molecule has 0 aromatic carbocycles. The van der Waals surface area contributed by atoms with Gasteiger partial charge in [-0.1, -0.05) is 13.8 Å². The average molecular weight is 187 g/mol. The predicted octanol–water partition coefficient (Wildman–Crippen LogP) is 0.708. The molecule has 0 amide bonds. The summed E-state index contributed by atoms with van der Waals surface area (Å²) in [6, 6.07) is 0. The molecule has 0 unspecified atom stereocenters. The van der Waals surface area contributed by atoms with Crippen LogP contribution in [0.15, 0.2) is 0 Å². The van der Waals surface area contributed by atoms with Gasteiger partial charge in [0, 0.05) is 30.2 Å². The van der Waals surface area contributed by atoms with E-state index in [0.717, 1.165) is 26.1 Å². The fourth-order valence-electron chi connectivity index (χ4n) is 0.834. The molecule has 3 heteroatoms. The second-order valence-electron chi connectivity index (χ2n) is 2.10. The van der Waals surface area contributed by atoms with Gasteiger partial charge < -0.3 is 10.0 Å². The van der Waals surface area contributed by atoms with Crippen LogP contribution >= 0.6 is 0 Å². The van der Waals surface area contributed by atoms with Gasteiger partial charge in [-0.05, 0) is 19.5 Å². The number of hydrogen-bond acceptors (Lipinski definition) is 2.